The predicted molar refractivity (Wildman–Crippen MR) is 82.6 cm³/mol. The number of rotatable bonds is 3. The van der Waals surface area contributed by atoms with Gasteiger partial charge in [-0.3, -0.25) is 5.32 Å². The van der Waals surface area contributed by atoms with Gasteiger partial charge in [0.15, 0.2) is 0 Å². The van der Waals surface area contributed by atoms with Crippen molar-refractivity contribution in [3.05, 3.63) is 40.0 Å². The summed E-state index contributed by atoms with van der Waals surface area (Å²) in [6.45, 7) is 3.42. The third kappa shape index (κ3) is 3.50. The van der Waals surface area contributed by atoms with Gasteiger partial charge in [0.05, 0.1) is 5.69 Å². The second kappa shape index (κ2) is 6.11. The minimum absolute atomic E-state index is 0.00270. The van der Waals surface area contributed by atoms with Gasteiger partial charge in [-0.2, -0.15) is 4.37 Å². The molecule has 0 radical (unpaired) electrons. The minimum atomic E-state index is -1.13. The average Bonchev–Trinajstić information content (AvgIpc) is 2.75. The number of carboxylic acids is 1. The van der Waals surface area contributed by atoms with E-state index in [0.717, 1.165) is 17.1 Å². The highest BCUT2D eigenvalue weighted by atomic mass is 35.5. The lowest BCUT2D eigenvalue weighted by Gasteiger charge is -2.08. The molecule has 0 bridgehead atoms. The van der Waals surface area contributed by atoms with E-state index in [1.807, 2.05) is 6.92 Å². The number of nitrogens with zero attached hydrogens (tertiary/aromatic N) is 1. The molecule has 1 aromatic carbocycles. The molecule has 1 heterocycles. The Bertz CT molecular complexity index is 715. The summed E-state index contributed by atoms with van der Waals surface area (Å²) in [4.78, 5) is 23.0. The number of carboxylic acid groups (broad SMARTS) is 1. The molecule has 0 aliphatic rings. The lowest BCUT2D eigenvalue weighted by Crippen LogP contribution is -2.20. The zero-order chi connectivity index (χ0) is 15.6. The second-order valence-corrected chi connectivity index (χ2v) is 5.50. The Morgan fingerprint density at radius 1 is 1.29 bits per heavy atom. The van der Waals surface area contributed by atoms with Crippen LogP contribution < -0.4 is 10.6 Å². The number of urea groups is 1. The maximum absolute atomic E-state index is 11.9. The molecule has 0 saturated carbocycles. The van der Waals surface area contributed by atoms with Gasteiger partial charge >= 0.3 is 12.0 Å². The van der Waals surface area contributed by atoms with Gasteiger partial charge in [0.2, 0.25) is 0 Å². The molecule has 0 unspecified atom stereocenters. The lowest BCUT2D eigenvalue weighted by molar-refractivity contribution is 0.0697. The summed E-state index contributed by atoms with van der Waals surface area (Å²) >= 11 is 6.89. The molecule has 0 spiro atoms. The number of hydrogen-bond donors (Lipinski definition) is 3. The van der Waals surface area contributed by atoms with E-state index in [4.69, 9.17) is 16.7 Å². The van der Waals surface area contributed by atoms with Crippen LogP contribution in [0.3, 0.4) is 0 Å². The van der Waals surface area contributed by atoms with E-state index in [0.29, 0.717) is 16.4 Å². The fourth-order valence-corrected chi connectivity index (χ4v) is 2.61. The van der Waals surface area contributed by atoms with Crippen LogP contribution in [0, 0.1) is 13.8 Å². The number of amides is 2. The predicted octanol–water partition coefficient (Wildman–Crippen LogP) is 3.76. The number of carbonyl (C=O) groups excluding carboxylic acids is 1. The summed E-state index contributed by atoms with van der Waals surface area (Å²) in [6, 6.07) is 4.54. The number of benzene rings is 1. The van der Waals surface area contributed by atoms with Crippen LogP contribution in [0.4, 0.5) is 15.5 Å². The maximum Gasteiger partial charge on any atom is 0.340 e. The Morgan fingerprint density at radius 3 is 2.62 bits per heavy atom. The van der Waals surface area contributed by atoms with Crippen LogP contribution >= 0.6 is 23.1 Å². The van der Waals surface area contributed by atoms with E-state index in [-0.39, 0.29) is 10.6 Å². The van der Waals surface area contributed by atoms with Crippen LogP contribution in [0.5, 0.6) is 0 Å². The molecule has 0 fully saturated rings. The molecular weight excluding hydrogens is 314 g/mol. The molecule has 2 aromatic rings. The normalized spacial score (nSPS) is 10.2. The number of nitrogens with one attached hydrogen (secondary N) is 2. The van der Waals surface area contributed by atoms with E-state index in [9.17, 15) is 9.59 Å². The van der Waals surface area contributed by atoms with Gasteiger partial charge in [-0.25, -0.2) is 9.59 Å². The van der Waals surface area contributed by atoms with Gasteiger partial charge in [0.1, 0.15) is 10.6 Å². The lowest BCUT2D eigenvalue weighted by atomic mass is 10.2. The van der Waals surface area contributed by atoms with Crippen LogP contribution in [0.25, 0.3) is 0 Å². The first-order chi connectivity index (χ1) is 9.88. The second-order valence-electron chi connectivity index (χ2n) is 4.32. The molecule has 0 atom stereocenters. The van der Waals surface area contributed by atoms with Crippen LogP contribution in [0.15, 0.2) is 18.2 Å². The van der Waals surface area contributed by atoms with Crippen molar-refractivity contribution in [1.82, 2.24) is 4.37 Å². The molecule has 0 aliphatic carbocycles. The largest absolute Gasteiger partial charge is 0.478 e. The van der Waals surface area contributed by atoms with E-state index in [1.54, 1.807) is 25.1 Å². The third-order valence-corrected chi connectivity index (χ3v) is 3.99. The molecule has 8 heteroatoms. The van der Waals surface area contributed by atoms with Gasteiger partial charge < -0.3 is 10.4 Å². The van der Waals surface area contributed by atoms with Crippen molar-refractivity contribution in [2.24, 2.45) is 0 Å². The number of halogens is 1. The van der Waals surface area contributed by atoms with E-state index >= 15 is 0 Å². The Balaban J connectivity index is 2.12. The topological polar surface area (TPSA) is 91.3 Å². The quantitative estimate of drug-likeness (QED) is 0.801. The average molecular weight is 326 g/mol. The fraction of sp³-hybridized carbons (Fsp3) is 0.154. The number of aromatic carboxylic acids is 1. The van der Waals surface area contributed by atoms with Gasteiger partial charge in [0.25, 0.3) is 0 Å². The first-order valence-electron chi connectivity index (χ1n) is 5.92. The molecule has 2 amide bonds. The van der Waals surface area contributed by atoms with Gasteiger partial charge in [-0.05, 0) is 43.1 Å². The smallest absolute Gasteiger partial charge is 0.340 e. The van der Waals surface area contributed by atoms with Gasteiger partial charge in [-0.15, -0.1) is 0 Å². The Labute approximate surface area is 129 Å². The van der Waals surface area contributed by atoms with Gasteiger partial charge in [-0.1, -0.05) is 17.7 Å². The molecular formula is C13H12ClN3O3S. The van der Waals surface area contributed by atoms with Crippen molar-refractivity contribution in [2.75, 3.05) is 10.6 Å². The SMILES string of the molecule is Cc1ccc(NC(=O)Nc2snc(C)c2C(=O)O)cc1Cl. The van der Waals surface area contributed by atoms with Crippen LogP contribution in [0.1, 0.15) is 21.6 Å². The Morgan fingerprint density at radius 2 is 2.00 bits per heavy atom. The third-order valence-electron chi connectivity index (χ3n) is 2.73. The molecule has 2 rings (SSSR count). The van der Waals surface area contributed by atoms with Crippen molar-refractivity contribution in [1.29, 1.82) is 0 Å². The molecule has 0 saturated heterocycles. The molecule has 3 N–H and O–H groups in total. The zero-order valence-electron chi connectivity index (χ0n) is 11.2. The Hall–Kier alpha value is -2.12. The highest BCUT2D eigenvalue weighted by Crippen LogP contribution is 2.25. The van der Waals surface area contributed by atoms with Crippen molar-refractivity contribution < 1.29 is 14.7 Å². The number of aromatic nitrogens is 1. The first kappa shape index (κ1) is 15.3. The van der Waals surface area contributed by atoms with Crippen molar-refractivity contribution in [2.45, 2.75) is 13.8 Å². The van der Waals surface area contributed by atoms with E-state index < -0.39 is 12.0 Å². The van der Waals surface area contributed by atoms with Gasteiger partial charge in [0, 0.05) is 10.7 Å². The van der Waals surface area contributed by atoms with Crippen molar-refractivity contribution in [3.63, 3.8) is 0 Å². The summed E-state index contributed by atoms with van der Waals surface area (Å²) in [5, 5.41) is 14.9. The molecule has 0 aliphatic heterocycles. The molecule has 6 nitrogen and oxygen atoms in total. The molecule has 21 heavy (non-hydrogen) atoms. The number of anilines is 2. The highest BCUT2D eigenvalue weighted by Gasteiger charge is 2.19. The minimum Gasteiger partial charge on any atom is -0.478 e. The standard InChI is InChI=1S/C13H12ClN3O3S/c1-6-3-4-8(5-9(6)14)15-13(20)16-11-10(12(18)19)7(2)17-21-11/h3-5H,1-2H3,(H,18,19)(H2,15,16,20). The van der Waals surface area contributed by atoms with Crippen LogP contribution in [-0.4, -0.2) is 21.5 Å². The zero-order valence-corrected chi connectivity index (χ0v) is 12.8. The number of carbonyl (C=O) groups is 2. The number of aryl methyl sites for hydroxylation is 2. The molecule has 110 valence electrons. The number of hydrogen-bond acceptors (Lipinski definition) is 4. The summed E-state index contributed by atoms with van der Waals surface area (Å²) in [5.41, 5.74) is 1.77. The highest BCUT2D eigenvalue weighted by molar-refractivity contribution is 7.11. The summed E-state index contributed by atoms with van der Waals surface area (Å²) in [7, 11) is 0. The van der Waals surface area contributed by atoms with Crippen molar-refractivity contribution >= 4 is 45.8 Å². The maximum atomic E-state index is 11.9. The first-order valence-corrected chi connectivity index (χ1v) is 7.07. The molecule has 1 aromatic heterocycles. The Kier molecular flexibility index (Phi) is 4.44. The summed E-state index contributed by atoms with van der Waals surface area (Å²) < 4.78 is 3.92. The monoisotopic (exact) mass is 325 g/mol. The van der Waals surface area contributed by atoms with E-state index in [1.165, 1.54) is 0 Å². The van der Waals surface area contributed by atoms with Crippen LogP contribution in [-0.2, 0) is 0 Å². The van der Waals surface area contributed by atoms with Crippen molar-refractivity contribution in [3.8, 4) is 0 Å². The van der Waals surface area contributed by atoms with Crippen LogP contribution in [0.2, 0.25) is 5.02 Å². The summed E-state index contributed by atoms with van der Waals surface area (Å²) in [6.07, 6.45) is 0. The summed E-state index contributed by atoms with van der Waals surface area (Å²) in [5.74, 6) is -1.13. The fourth-order valence-electron chi connectivity index (χ4n) is 1.64. The van der Waals surface area contributed by atoms with E-state index in [2.05, 4.69) is 15.0 Å².